The molecule has 0 bridgehead atoms. The molecule has 2 rings (SSSR count). The highest BCUT2D eigenvalue weighted by atomic mass is 32.2. The summed E-state index contributed by atoms with van der Waals surface area (Å²) in [4.78, 5) is 5.50. The maximum absolute atomic E-state index is 5.40. The van der Waals surface area contributed by atoms with Crippen LogP contribution in [0.5, 0.6) is 5.75 Å². The fourth-order valence-corrected chi connectivity index (χ4v) is 3.47. The molecule has 0 aromatic heterocycles. The molecule has 0 amide bonds. The molecule has 126 valence electrons. The van der Waals surface area contributed by atoms with Crippen molar-refractivity contribution in [2.45, 2.75) is 30.7 Å². The minimum Gasteiger partial charge on any atom is -0.496 e. The van der Waals surface area contributed by atoms with Crippen molar-refractivity contribution in [3.05, 3.63) is 36.4 Å². The van der Waals surface area contributed by atoms with Crippen molar-refractivity contribution < 1.29 is 4.74 Å². The van der Waals surface area contributed by atoms with Gasteiger partial charge in [-0.05, 0) is 30.9 Å². The molecule has 0 spiro atoms. The summed E-state index contributed by atoms with van der Waals surface area (Å²) in [6.45, 7) is 3.15. The van der Waals surface area contributed by atoms with Crippen molar-refractivity contribution in [3.8, 4) is 5.75 Å². The van der Waals surface area contributed by atoms with Crippen LogP contribution in [0, 0.1) is 5.92 Å². The van der Waals surface area contributed by atoms with Crippen LogP contribution in [0.4, 0.5) is 0 Å². The second kappa shape index (κ2) is 9.50. The van der Waals surface area contributed by atoms with Crippen LogP contribution in [-0.4, -0.2) is 38.5 Å². The number of aliphatic imine (C=N–C) groups is 1. The van der Waals surface area contributed by atoms with E-state index in [0.29, 0.717) is 12.0 Å². The highest BCUT2D eigenvalue weighted by molar-refractivity contribution is 7.99. The zero-order valence-electron chi connectivity index (χ0n) is 14.2. The molecule has 0 heterocycles. The van der Waals surface area contributed by atoms with Crippen molar-refractivity contribution in [2.24, 2.45) is 10.9 Å². The van der Waals surface area contributed by atoms with Crippen molar-refractivity contribution in [3.63, 3.8) is 0 Å². The van der Waals surface area contributed by atoms with Crippen LogP contribution in [0.3, 0.4) is 0 Å². The Morgan fingerprint density at radius 1 is 1.35 bits per heavy atom. The van der Waals surface area contributed by atoms with E-state index in [1.54, 1.807) is 7.11 Å². The Morgan fingerprint density at radius 2 is 2.09 bits per heavy atom. The third-order valence-electron chi connectivity index (χ3n) is 3.78. The molecule has 23 heavy (non-hydrogen) atoms. The lowest BCUT2D eigenvalue weighted by molar-refractivity contribution is 0.405. The van der Waals surface area contributed by atoms with Crippen LogP contribution in [0.2, 0.25) is 0 Å². The molecule has 1 aromatic rings. The minimum absolute atomic E-state index is 0.486. The summed E-state index contributed by atoms with van der Waals surface area (Å²) in [5.41, 5.74) is 0. The molecule has 0 saturated carbocycles. The first kappa shape index (κ1) is 17.7. The van der Waals surface area contributed by atoms with Gasteiger partial charge in [0.2, 0.25) is 0 Å². The summed E-state index contributed by atoms with van der Waals surface area (Å²) in [5.74, 6) is 3.41. The van der Waals surface area contributed by atoms with Gasteiger partial charge in [-0.2, -0.15) is 0 Å². The van der Waals surface area contributed by atoms with E-state index in [9.17, 15) is 0 Å². The quantitative estimate of drug-likeness (QED) is 0.348. The summed E-state index contributed by atoms with van der Waals surface area (Å²) in [7, 11) is 3.55. The van der Waals surface area contributed by atoms with Crippen molar-refractivity contribution in [2.75, 3.05) is 26.5 Å². The Kier molecular flexibility index (Phi) is 7.33. The largest absolute Gasteiger partial charge is 0.496 e. The van der Waals surface area contributed by atoms with Gasteiger partial charge in [-0.3, -0.25) is 4.99 Å². The molecule has 1 unspecified atom stereocenters. The summed E-state index contributed by atoms with van der Waals surface area (Å²) < 4.78 is 5.40. The molecule has 1 aliphatic rings. The van der Waals surface area contributed by atoms with Crippen molar-refractivity contribution in [1.82, 2.24) is 10.6 Å². The number of nitrogens with one attached hydrogen (secondary N) is 2. The fraction of sp³-hybridized carbons (Fsp3) is 0.500. The molecule has 1 aliphatic carbocycles. The van der Waals surface area contributed by atoms with Gasteiger partial charge in [-0.15, -0.1) is 11.8 Å². The normalized spacial score (nSPS) is 16.4. The lowest BCUT2D eigenvalue weighted by atomic mass is 10.2. The third-order valence-corrected chi connectivity index (χ3v) is 5.17. The molecule has 1 aromatic carbocycles. The first-order valence-electron chi connectivity index (χ1n) is 8.11. The van der Waals surface area contributed by atoms with E-state index < -0.39 is 0 Å². The summed E-state index contributed by atoms with van der Waals surface area (Å²) in [6, 6.07) is 8.65. The van der Waals surface area contributed by atoms with Gasteiger partial charge in [0, 0.05) is 30.3 Å². The number of rotatable bonds is 7. The fourth-order valence-electron chi connectivity index (χ4n) is 2.42. The van der Waals surface area contributed by atoms with E-state index >= 15 is 0 Å². The summed E-state index contributed by atoms with van der Waals surface area (Å²) >= 11 is 1.84. The Labute approximate surface area is 143 Å². The molecule has 4 nitrogen and oxygen atoms in total. The molecule has 0 radical (unpaired) electrons. The van der Waals surface area contributed by atoms with E-state index in [1.165, 1.54) is 4.90 Å². The lowest BCUT2D eigenvalue weighted by Gasteiger charge is -2.19. The number of thioether (sulfide) groups is 1. The zero-order chi connectivity index (χ0) is 16.5. The van der Waals surface area contributed by atoms with Gasteiger partial charge >= 0.3 is 0 Å². The summed E-state index contributed by atoms with van der Waals surface area (Å²) in [5, 5.41) is 6.89. The van der Waals surface area contributed by atoms with Gasteiger partial charge in [0.05, 0.1) is 7.11 Å². The first-order valence-corrected chi connectivity index (χ1v) is 9.09. The molecule has 2 N–H and O–H groups in total. The molecular weight excluding hydrogens is 306 g/mol. The molecular formula is C18H27N3OS. The van der Waals surface area contributed by atoms with Crippen LogP contribution < -0.4 is 15.4 Å². The topological polar surface area (TPSA) is 45.7 Å². The number of methoxy groups -OCH3 is 1. The molecule has 0 saturated heterocycles. The average molecular weight is 334 g/mol. The standard InChI is InChI=1S/C18H27N3OS/c1-14(13-23-17-11-7-6-10-16(17)22-3)12-20-18(19-2)21-15-8-4-5-9-15/h4-7,10-11,14-15H,8-9,12-13H2,1-3H3,(H2,19,20,21). The minimum atomic E-state index is 0.486. The lowest BCUT2D eigenvalue weighted by Crippen LogP contribution is -2.44. The monoisotopic (exact) mass is 333 g/mol. The highest BCUT2D eigenvalue weighted by Gasteiger charge is 2.12. The Balaban J connectivity index is 1.72. The first-order chi connectivity index (χ1) is 11.2. The number of ether oxygens (including phenoxy) is 1. The smallest absolute Gasteiger partial charge is 0.191 e. The van der Waals surface area contributed by atoms with E-state index in [1.807, 2.05) is 30.9 Å². The van der Waals surface area contributed by atoms with E-state index in [-0.39, 0.29) is 0 Å². The zero-order valence-corrected chi connectivity index (χ0v) is 15.0. The van der Waals surface area contributed by atoms with E-state index in [4.69, 9.17) is 4.74 Å². The maximum atomic E-state index is 5.40. The van der Waals surface area contributed by atoms with E-state index in [2.05, 4.69) is 46.8 Å². The predicted molar refractivity (Wildman–Crippen MR) is 99.5 cm³/mol. The van der Waals surface area contributed by atoms with Crippen molar-refractivity contribution >= 4 is 17.7 Å². The number of nitrogens with zero attached hydrogens (tertiary/aromatic N) is 1. The van der Waals surface area contributed by atoms with Crippen molar-refractivity contribution in [1.29, 1.82) is 0 Å². The molecule has 5 heteroatoms. The number of para-hydroxylation sites is 1. The molecule has 1 atom stereocenters. The van der Waals surface area contributed by atoms with Crippen LogP contribution in [0.25, 0.3) is 0 Å². The van der Waals surface area contributed by atoms with Gasteiger partial charge in [-0.1, -0.05) is 31.2 Å². The number of benzene rings is 1. The predicted octanol–water partition coefficient (Wildman–Crippen LogP) is 3.31. The average Bonchev–Trinajstić information content (AvgIpc) is 3.09. The highest BCUT2D eigenvalue weighted by Crippen LogP contribution is 2.29. The van der Waals surface area contributed by atoms with Crippen LogP contribution in [0.1, 0.15) is 19.8 Å². The summed E-state index contributed by atoms with van der Waals surface area (Å²) in [6.07, 6.45) is 6.61. The van der Waals surface area contributed by atoms with Crippen LogP contribution in [0.15, 0.2) is 46.3 Å². The Hall–Kier alpha value is -1.62. The van der Waals surface area contributed by atoms with Gasteiger partial charge < -0.3 is 15.4 Å². The maximum Gasteiger partial charge on any atom is 0.191 e. The van der Waals surface area contributed by atoms with E-state index in [0.717, 1.165) is 36.8 Å². The second-order valence-corrected chi connectivity index (χ2v) is 6.87. The molecule has 0 fully saturated rings. The number of hydrogen-bond acceptors (Lipinski definition) is 3. The van der Waals surface area contributed by atoms with Gasteiger partial charge in [0.15, 0.2) is 5.96 Å². The van der Waals surface area contributed by atoms with Gasteiger partial charge in [-0.25, -0.2) is 0 Å². The molecule has 0 aliphatic heterocycles. The SMILES string of the molecule is CN=C(NCC(C)CSc1ccccc1OC)NC1CC=CC1. The second-order valence-electron chi connectivity index (χ2n) is 5.80. The Bertz CT molecular complexity index is 537. The van der Waals surface area contributed by atoms with Crippen LogP contribution >= 0.6 is 11.8 Å². The Morgan fingerprint density at radius 3 is 2.78 bits per heavy atom. The van der Waals surface area contributed by atoms with Gasteiger partial charge in [0.1, 0.15) is 5.75 Å². The van der Waals surface area contributed by atoms with Gasteiger partial charge in [0.25, 0.3) is 0 Å². The third kappa shape index (κ3) is 5.82. The van der Waals surface area contributed by atoms with Crippen LogP contribution in [-0.2, 0) is 0 Å². The number of guanidine groups is 1. The number of hydrogen-bond donors (Lipinski definition) is 2.